The van der Waals surface area contributed by atoms with Crippen LogP contribution in [0.5, 0.6) is 17.2 Å². The first-order chi connectivity index (χ1) is 11.6. The summed E-state index contributed by atoms with van der Waals surface area (Å²) in [7, 11) is 4.21. The number of hydrogen-bond acceptors (Lipinski definition) is 9. The van der Waals surface area contributed by atoms with E-state index in [0.717, 1.165) is 6.42 Å². The van der Waals surface area contributed by atoms with Crippen molar-refractivity contribution >= 4 is 12.1 Å². The van der Waals surface area contributed by atoms with E-state index in [2.05, 4.69) is 19.6 Å². The minimum atomic E-state index is -1.12. The highest BCUT2D eigenvalue weighted by atomic mass is 17.5. The molecule has 0 aromatic heterocycles. The van der Waals surface area contributed by atoms with Crippen molar-refractivity contribution in [3.63, 3.8) is 0 Å². The molecular weight excluding hydrogens is 324 g/mol. The standard InChI is InChI=1S/C15H20O9/c1-5-6-7-21-15(17)23-24-22-14(16)10-8-12(19-3)13(20-4)9-11(10)18-2/h8-9H,5-7H2,1-4H3. The maximum atomic E-state index is 12.0. The van der Waals surface area contributed by atoms with Crippen LogP contribution in [0.2, 0.25) is 0 Å². The van der Waals surface area contributed by atoms with Gasteiger partial charge in [-0.05, 0) is 6.42 Å². The Bertz CT molecular complexity index is 556. The first kappa shape index (κ1) is 19.4. The number of ether oxygens (including phenoxy) is 4. The van der Waals surface area contributed by atoms with Gasteiger partial charge in [0.15, 0.2) is 11.5 Å². The van der Waals surface area contributed by atoms with Gasteiger partial charge >= 0.3 is 12.1 Å². The second kappa shape index (κ2) is 10.2. The van der Waals surface area contributed by atoms with Gasteiger partial charge in [0.2, 0.25) is 0 Å². The van der Waals surface area contributed by atoms with Crippen molar-refractivity contribution in [2.75, 3.05) is 27.9 Å². The van der Waals surface area contributed by atoms with Gasteiger partial charge in [-0.15, -0.1) is 0 Å². The maximum absolute atomic E-state index is 12.0. The summed E-state index contributed by atoms with van der Waals surface area (Å²) in [6, 6.07) is 2.78. The van der Waals surface area contributed by atoms with Crippen LogP contribution in [0.1, 0.15) is 30.1 Å². The van der Waals surface area contributed by atoms with Gasteiger partial charge in [0.25, 0.3) is 0 Å². The lowest BCUT2D eigenvalue weighted by atomic mass is 10.1. The van der Waals surface area contributed by atoms with Crippen molar-refractivity contribution in [3.8, 4) is 17.2 Å². The Morgan fingerprint density at radius 3 is 2.12 bits per heavy atom. The molecule has 0 radical (unpaired) electrons. The van der Waals surface area contributed by atoms with Gasteiger partial charge in [0, 0.05) is 12.1 Å². The summed E-state index contributed by atoms with van der Waals surface area (Å²) >= 11 is 0. The zero-order valence-electron chi connectivity index (χ0n) is 14.0. The predicted octanol–water partition coefficient (Wildman–Crippen LogP) is 2.67. The van der Waals surface area contributed by atoms with Crippen LogP contribution < -0.4 is 14.2 Å². The molecule has 134 valence electrons. The van der Waals surface area contributed by atoms with E-state index in [9.17, 15) is 9.59 Å². The van der Waals surface area contributed by atoms with E-state index in [0.29, 0.717) is 12.2 Å². The minimum absolute atomic E-state index is 0.0156. The lowest BCUT2D eigenvalue weighted by Gasteiger charge is -2.12. The summed E-state index contributed by atoms with van der Waals surface area (Å²) in [5.41, 5.74) is -0.0156. The molecule has 1 aromatic rings. The van der Waals surface area contributed by atoms with Crippen LogP contribution in [-0.4, -0.2) is 40.1 Å². The largest absolute Gasteiger partial charge is 0.543 e. The molecule has 24 heavy (non-hydrogen) atoms. The van der Waals surface area contributed by atoms with Gasteiger partial charge in [0.1, 0.15) is 11.3 Å². The number of benzene rings is 1. The number of hydrogen-bond donors (Lipinski definition) is 0. The van der Waals surface area contributed by atoms with Gasteiger partial charge in [-0.2, -0.15) is 0 Å². The van der Waals surface area contributed by atoms with E-state index >= 15 is 0 Å². The average Bonchev–Trinajstić information content (AvgIpc) is 2.60. The van der Waals surface area contributed by atoms with Crippen LogP contribution in [0.3, 0.4) is 0 Å². The average molecular weight is 344 g/mol. The van der Waals surface area contributed by atoms with Gasteiger partial charge < -0.3 is 18.9 Å². The van der Waals surface area contributed by atoms with Crippen molar-refractivity contribution in [1.82, 2.24) is 0 Å². The zero-order valence-corrected chi connectivity index (χ0v) is 14.0. The highest BCUT2D eigenvalue weighted by Crippen LogP contribution is 2.34. The highest BCUT2D eigenvalue weighted by Gasteiger charge is 2.21. The molecule has 0 spiro atoms. The Kier molecular flexibility index (Phi) is 8.20. The molecule has 0 saturated carbocycles. The van der Waals surface area contributed by atoms with Crippen LogP contribution in [0.4, 0.5) is 4.79 Å². The van der Waals surface area contributed by atoms with Gasteiger partial charge in [-0.25, -0.2) is 14.5 Å². The Morgan fingerprint density at radius 2 is 1.54 bits per heavy atom. The van der Waals surface area contributed by atoms with Crippen molar-refractivity contribution in [2.45, 2.75) is 19.8 Å². The van der Waals surface area contributed by atoms with Crippen LogP contribution in [0.25, 0.3) is 0 Å². The molecule has 1 aromatic carbocycles. The van der Waals surface area contributed by atoms with E-state index in [4.69, 9.17) is 14.2 Å². The fraction of sp³-hybridized carbons (Fsp3) is 0.467. The minimum Gasteiger partial charge on any atom is -0.496 e. The summed E-state index contributed by atoms with van der Waals surface area (Å²) in [5.74, 6) is -0.159. The Hall–Kier alpha value is -2.68. The van der Waals surface area contributed by atoms with Crippen molar-refractivity contribution in [1.29, 1.82) is 0 Å². The molecule has 0 atom stereocenters. The molecule has 0 amide bonds. The molecule has 9 heteroatoms. The first-order valence-corrected chi connectivity index (χ1v) is 7.09. The van der Waals surface area contributed by atoms with Gasteiger partial charge in [-0.1, -0.05) is 13.3 Å². The fourth-order valence-corrected chi connectivity index (χ4v) is 1.63. The fourth-order valence-electron chi connectivity index (χ4n) is 1.63. The summed E-state index contributed by atoms with van der Waals surface area (Å²) in [6.07, 6.45) is 0.412. The molecule has 9 nitrogen and oxygen atoms in total. The lowest BCUT2D eigenvalue weighted by Crippen LogP contribution is -2.13. The Morgan fingerprint density at radius 1 is 0.917 bits per heavy atom. The predicted molar refractivity (Wildman–Crippen MR) is 79.9 cm³/mol. The summed E-state index contributed by atoms with van der Waals surface area (Å²) in [6.45, 7) is 2.11. The smallest absolute Gasteiger partial charge is 0.496 e. The third-order valence-electron chi connectivity index (χ3n) is 2.86. The van der Waals surface area contributed by atoms with E-state index in [1.54, 1.807) is 0 Å². The molecule has 0 aliphatic carbocycles. The van der Waals surface area contributed by atoms with Crippen molar-refractivity contribution < 1.29 is 43.3 Å². The summed E-state index contributed by atoms with van der Waals surface area (Å²) < 4.78 is 19.9. The molecule has 0 saturated heterocycles. The summed E-state index contributed by atoms with van der Waals surface area (Å²) in [4.78, 5) is 31.6. The molecule has 0 aliphatic heterocycles. The van der Waals surface area contributed by atoms with Crippen LogP contribution in [0.15, 0.2) is 12.1 Å². The first-order valence-electron chi connectivity index (χ1n) is 7.09. The number of unbranched alkanes of at least 4 members (excludes halogenated alkanes) is 1. The van der Waals surface area contributed by atoms with E-state index in [1.165, 1.54) is 33.5 Å². The quantitative estimate of drug-likeness (QED) is 0.290. The highest BCUT2D eigenvalue weighted by molar-refractivity contribution is 5.93. The molecule has 0 aliphatic rings. The molecule has 0 N–H and O–H groups in total. The maximum Gasteiger partial charge on any atom is 0.543 e. The normalized spacial score (nSPS) is 9.83. The number of rotatable bonds is 9. The van der Waals surface area contributed by atoms with E-state index < -0.39 is 12.1 Å². The van der Waals surface area contributed by atoms with E-state index in [-0.39, 0.29) is 23.7 Å². The topological polar surface area (TPSA) is 98.8 Å². The van der Waals surface area contributed by atoms with Crippen LogP contribution >= 0.6 is 0 Å². The van der Waals surface area contributed by atoms with Gasteiger partial charge in [0.05, 0.1) is 33.0 Å². The molecule has 0 unspecified atom stereocenters. The van der Waals surface area contributed by atoms with Crippen LogP contribution in [0, 0.1) is 0 Å². The molecule has 1 rings (SSSR count). The number of carbonyl (C=O) groups is 2. The van der Waals surface area contributed by atoms with Crippen LogP contribution in [-0.2, 0) is 19.6 Å². The second-order valence-electron chi connectivity index (χ2n) is 4.38. The molecule has 0 bridgehead atoms. The van der Waals surface area contributed by atoms with E-state index in [1.807, 2.05) is 6.92 Å². The Balaban J connectivity index is 2.65. The summed E-state index contributed by atoms with van der Waals surface area (Å²) in [5, 5.41) is 4.12. The third kappa shape index (κ3) is 5.51. The lowest BCUT2D eigenvalue weighted by molar-refractivity contribution is -0.452. The zero-order chi connectivity index (χ0) is 17.9. The van der Waals surface area contributed by atoms with Gasteiger partial charge in [-0.3, -0.25) is 4.89 Å². The monoisotopic (exact) mass is 344 g/mol. The SMILES string of the molecule is CCCCOC(=O)OOOC(=O)c1cc(OC)c(OC)cc1OC. The molecule has 0 fully saturated rings. The van der Waals surface area contributed by atoms with Crippen molar-refractivity contribution in [2.24, 2.45) is 0 Å². The molecule has 0 heterocycles. The third-order valence-corrected chi connectivity index (χ3v) is 2.86. The number of methoxy groups -OCH3 is 3. The second-order valence-corrected chi connectivity index (χ2v) is 4.38. The Labute approximate surface area is 139 Å². The van der Waals surface area contributed by atoms with Crippen molar-refractivity contribution in [3.05, 3.63) is 17.7 Å². The number of carbonyl (C=O) groups excluding carboxylic acids is 2. The molecular formula is C15H20O9.